The summed E-state index contributed by atoms with van der Waals surface area (Å²) in [6.07, 6.45) is -0.853. The van der Waals surface area contributed by atoms with E-state index in [0.717, 1.165) is 6.42 Å². The summed E-state index contributed by atoms with van der Waals surface area (Å²) in [5.41, 5.74) is 5.20. The zero-order chi connectivity index (χ0) is 11.1. The van der Waals surface area contributed by atoms with Gasteiger partial charge in [-0.2, -0.15) is 0 Å². The SMILES string of the molecule is [3H]C1C([3H])C(C)(C)CC(C)(CN)C1[3H]. The van der Waals surface area contributed by atoms with Crippen LogP contribution in [0.25, 0.3) is 0 Å². The lowest BCUT2D eigenvalue weighted by atomic mass is 9.64. The highest BCUT2D eigenvalue weighted by molar-refractivity contribution is 4.87. The molecule has 1 aliphatic rings. The molecule has 1 nitrogen and oxygen atoms in total. The van der Waals surface area contributed by atoms with Gasteiger partial charge >= 0.3 is 0 Å². The van der Waals surface area contributed by atoms with Crippen molar-refractivity contribution < 1.29 is 4.11 Å². The minimum atomic E-state index is -0.632. The Morgan fingerprint density at radius 2 is 2.00 bits per heavy atom. The predicted octanol–water partition coefficient (Wildman–Crippen LogP) is 2.55. The Morgan fingerprint density at radius 1 is 1.36 bits per heavy atom. The van der Waals surface area contributed by atoms with Gasteiger partial charge in [0, 0.05) is 4.11 Å². The van der Waals surface area contributed by atoms with Gasteiger partial charge in [-0.1, -0.05) is 27.2 Å². The molecule has 0 amide bonds. The quantitative estimate of drug-likeness (QED) is 0.628. The fraction of sp³-hybridized carbons (Fsp3) is 1.00. The summed E-state index contributed by atoms with van der Waals surface area (Å²) in [5, 5.41) is 0. The number of hydrogen-bond acceptors (Lipinski definition) is 1. The summed E-state index contributed by atoms with van der Waals surface area (Å²) in [5.74, 6) is 0. The van der Waals surface area contributed by atoms with Crippen molar-refractivity contribution in [3.63, 3.8) is 0 Å². The van der Waals surface area contributed by atoms with E-state index >= 15 is 0 Å². The van der Waals surface area contributed by atoms with Gasteiger partial charge < -0.3 is 5.73 Å². The normalized spacial score (nSPS) is 61.1. The molecule has 0 aliphatic heterocycles. The molecule has 66 valence electrons. The number of nitrogens with two attached hydrogens (primary N) is 1. The van der Waals surface area contributed by atoms with Gasteiger partial charge in [-0.3, -0.25) is 0 Å². The molecular formula is C10H21N. The van der Waals surface area contributed by atoms with Crippen LogP contribution in [0.2, 0.25) is 0 Å². The van der Waals surface area contributed by atoms with Gasteiger partial charge in [0.25, 0.3) is 0 Å². The summed E-state index contributed by atoms with van der Waals surface area (Å²) in [7, 11) is 0. The lowest BCUT2D eigenvalue weighted by Crippen LogP contribution is -2.36. The van der Waals surface area contributed by atoms with E-state index in [4.69, 9.17) is 9.85 Å². The molecule has 11 heavy (non-hydrogen) atoms. The van der Waals surface area contributed by atoms with E-state index in [9.17, 15) is 0 Å². The monoisotopic (exact) mass is 161 g/mol. The fourth-order valence-electron chi connectivity index (χ4n) is 1.84. The molecule has 0 aromatic carbocycles. The first-order valence-electron chi connectivity index (χ1n) is 5.94. The first kappa shape index (κ1) is 5.58. The molecule has 0 spiro atoms. The molecule has 0 bridgehead atoms. The van der Waals surface area contributed by atoms with Crippen molar-refractivity contribution in [2.24, 2.45) is 16.6 Å². The summed E-state index contributed by atoms with van der Waals surface area (Å²) >= 11 is 0. The molecular weight excluding hydrogens is 134 g/mol. The van der Waals surface area contributed by atoms with Crippen molar-refractivity contribution in [3.05, 3.63) is 0 Å². The smallest absolute Gasteiger partial charge is 0.0273 e. The molecule has 0 saturated heterocycles. The van der Waals surface area contributed by atoms with Crippen LogP contribution in [0.3, 0.4) is 0 Å². The first-order chi connectivity index (χ1) is 6.24. The van der Waals surface area contributed by atoms with Gasteiger partial charge in [0.15, 0.2) is 0 Å². The Kier molecular flexibility index (Phi) is 1.41. The summed E-state index contributed by atoms with van der Waals surface area (Å²) in [6.45, 7) is 6.42. The van der Waals surface area contributed by atoms with E-state index < -0.39 is 19.2 Å². The van der Waals surface area contributed by atoms with Crippen molar-refractivity contribution in [2.45, 2.75) is 46.4 Å². The Labute approximate surface area is 74.6 Å². The van der Waals surface area contributed by atoms with Crippen LogP contribution in [0.15, 0.2) is 0 Å². The van der Waals surface area contributed by atoms with Crippen LogP contribution < -0.4 is 5.73 Å². The van der Waals surface area contributed by atoms with Crippen LogP contribution >= 0.6 is 0 Å². The molecule has 4 unspecified atom stereocenters. The lowest BCUT2D eigenvalue weighted by Gasteiger charge is -2.42. The second kappa shape index (κ2) is 2.78. The Morgan fingerprint density at radius 3 is 2.55 bits per heavy atom. The number of rotatable bonds is 1. The van der Waals surface area contributed by atoms with Crippen molar-refractivity contribution in [3.8, 4) is 0 Å². The zero-order valence-corrected chi connectivity index (χ0v) is 7.72. The van der Waals surface area contributed by atoms with Crippen LogP contribution in [0.1, 0.15) is 50.5 Å². The van der Waals surface area contributed by atoms with Crippen LogP contribution in [0.4, 0.5) is 0 Å². The Hall–Kier alpha value is -0.0400. The van der Waals surface area contributed by atoms with Crippen LogP contribution in [0.5, 0.6) is 0 Å². The topological polar surface area (TPSA) is 26.0 Å². The molecule has 1 saturated carbocycles. The average Bonchev–Trinajstić information content (AvgIpc) is 2.11. The minimum absolute atomic E-state index is 0.196. The van der Waals surface area contributed by atoms with Gasteiger partial charge in [0.1, 0.15) is 0 Å². The molecule has 2 N–H and O–H groups in total. The van der Waals surface area contributed by atoms with Crippen molar-refractivity contribution in [1.29, 1.82) is 0 Å². The van der Waals surface area contributed by atoms with Crippen molar-refractivity contribution in [2.75, 3.05) is 6.54 Å². The van der Waals surface area contributed by atoms with E-state index in [0.29, 0.717) is 6.54 Å². The maximum Gasteiger partial charge on any atom is 0.0273 e. The minimum Gasteiger partial charge on any atom is -0.330 e. The highest BCUT2D eigenvalue weighted by Gasteiger charge is 2.35. The summed E-state index contributed by atoms with van der Waals surface area (Å²) in [6, 6.07) is 0. The second-order valence-electron chi connectivity index (χ2n) is 4.55. The highest BCUT2D eigenvalue weighted by atomic mass is 14.6. The third-order valence-electron chi connectivity index (χ3n) is 2.37. The third kappa shape index (κ3) is 2.19. The van der Waals surface area contributed by atoms with Crippen molar-refractivity contribution in [1.82, 2.24) is 0 Å². The average molecular weight is 161 g/mol. The molecule has 0 heterocycles. The molecule has 1 fully saturated rings. The van der Waals surface area contributed by atoms with Crippen molar-refractivity contribution >= 4 is 0 Å². The van der Waals surface area contributed by atoms with Crippen LogP contribution in [-0.2, 0) is 0 Å². The fourth-order valence-corrected chi connectivity index (χ4v) is 1.84. The van der Waals surface area contributed by atoms with Gasteiger partial charge in [-0.15, -0.1) is 0 Å². The lowest BCUT2D eigenvalue weighted by molar-refractivity contribution is 0.107. The maximum absolute atomic E-state index is 7.95. The predicted molar refractivity (Wildman–Crippen MR) is 49.4 cm³/mol. The van der Waals surface area contributed by atoms with E-state index in [1.807, 2.05) is 20.8 Å². The first-order valence-corrected chi connectivity index (χ1v) is 4.21. The number of hydrogen-bond donors (Lipinski definition) is 1. The second-order valence-corrected chi connectivity index (χ2v) is 4.55. The molecule has 0 radical (unpaired) electrons. The van der Waals surface area contributed by atoms with E-state index in [2.05, 4.69) is 0 Å². The molecule has 1 rings (SSSR count). The van der Waals surface area contributed by atoms with E-state index in [1.54, 1.807) is 0 Å². The molecule has 0 aromatic rings. The molecule has 1 heteroatoms. The van der Waals surface area contributed by atoms with Gasteiger partial charge in [0.2, 0.25) is 0 Å². The van der Waals surface area contributed by atoms with E-state index in [-0.39, 0.29) is 10.8 Å². The van der Waals surface area contributed by atoms with Crippen LogP contribution in [0, 0.1) is 10.8 Å². The molecule has 1 aliphatic carbocycles. The maximum atomic E-state index is 7.95. The largest absolute Gasteiger partial charge is 0.330 e. The third-order valence-corrected chi connectivity index (χ3v) is 2.37. The highest BCUT2D eigenvalue weighted by Crippen LogP contribution is 2.45. The van der Waals surface area contributed by atoms with Gasteiger partial charge in [-0.05, 0) is 36.6 Å². The van der Waals surface area contributed by atoms with Gasteiger partial charge in [-0.25, -0.2) is 0 Å². The Balaban J connectivity index is 2.96. The Bertz CT molecular complexity index is 219. The standard InChI is InChI=1S/C10H21N/c1-9(2)5-4-6-10(3,7-9)8-11/h4-8,11H2,1-3H3/i4T,5T,6T. The van der Waals surface area contributed by atoms with E-state index in [1.165, 1.54) is 0 Å². The summed E-state index contributed by atoms with van der Waals surface area (Å²) < 4.78 is 23.7. The van der Waals surface area contributed by atoms with Crippen LogP contribution in [-0.4, -0.2) is 6.54 Å². The summed E-state index contributed by atoms with van der Waals surface area (Å²) in [4.78, 5) is 0. The van der Waals surface area contributed by atoms with Gasteiger partial charge in [0.05, 0.1) is 0 Å². The molecule has 4 atom stereocenters. The molecule has 0 aromatic heterocycles. The zero-order valence-electron chi connectivity index (χ0n) is 10.7.